The molecule has 0 bridgehead atoms. The van der Waals surface area contributed by atoms with Gasteiger partial charge >= 0.3 is 6.03 Å². The number of urea groups is 1. The van der Waals surface area contributed by atoms with Crippen molar-refractivity contribution in [1.82, 2.24) is 10.2 Å². The Morgan fingerprint density at radius 1 is 0.971 bits per heavy atom. The van der Waals surface area contributed by atoms with Crippen LogP contribution in [0, 0.1) is 6.92 Å². The third-order valence-corrected chi connectivity index (χ3v) is 7.27. The van der Waals surface area contributed by atoms with Gasteiger partial charge in [-0.2, -0.15) is 0 Å². The second kappa shape index (κ2) is 11.2. The first-order chi connectivity index (χ1) is 17.0. The molecule has 0 aliphatic carbocycles. The Labute approximate surface area is 209 Å². The van der Waals surface area contributed by atoms with Gasteiger partial charge in [0.15, 0.2) is 0 Å². The van der Waals surface area contributed by atoms with Crippen LogP contribution in [0.5, 0.6) is 11.5 Å². The van der Waals surface area contributed by atoms with E-state index >= 15 is 0 Å². The number of benzene rings is 3. The van der Waals surface area contributed by atoms with E-state index in [1.54, 1.807) is 43.0 Å². The van der Waals surface area contributed by atoms with Gasteiger partial charge in [0.2, 0.25) is 5.91 Å². The number of amides is 3. The Kier molecular flexibility index (Phi) is 7.82. The average molecular weight is 492 g/mol. The second-order valence-electron chi connectivity index (χ2n) is 8.16. The predicted molar refractivity (Wildman–Crippen MR) is 139 cm³/mol. The number of nitrogens with one attached hydrogen (secondary N) is 2. The Balaban J connectivity index is 1.56. The summed E-state index contributed by atoms with van der Waals surface area (Å²) < 4.78 is 10.6. The fourth-order valence-corrected chi connectivity index (χ4v) is 5.56. The van der Waals surface area contributed by atoms with Crippen LogP contribution in [0.1, 0.15) is 22.1 Å². The molecule has 0 aromatic heterocycles. The molecule has 0 saturated carbocycles. The molecule has 0 radical (unpaired) electrons. The number of methoxy groups -OCH3 is 2. The highest BCUT2D eigenvalue weighted by Crippen LogP contribution is 2.43. The van der Waals surface area contributed by atoms with Crippen molar-refractivity contribution < 1.29 is 19.1 Å². The van der Waals surface area contributed by atoms with Crippen LogP contribution in [0.3, 0.4) is 0 Å². The number of nitrogens with zero attached hydrogens (tertiary/aromatic N) is 1. The number of aryl methyl sites for hydroxylation is 1. The maximum atomic E-state index is 13.6. The molecule has 0 unspecified atom stereocenters. The lowest BCUT2D eigenvalue weighted by atomic mass is 10.1. The Morgan fingerprint density at radius 3 is 2.40 bits per heavy atom. The van der Waals surface area contributed by atoms with E-state index in [4.69, 9.17) is 9.47 Å². The van der Waals surface area contributed by atoms with Crippen molar-refractivity contribution >= 4 is 29.4 Å². The molecule has 182 valence electrons. The van der Waals surface area contributed by atoms with Crippen LogP contribution >= 0.6 is 11.8 Å². The van der Waals surface area contributed by atoms with Crippen molar-refractivity contribution in [2.45, 2.75) is 24.9 Å². The van der Waals surface area contributed by atoms with Gasteiger partial charge in [-0.3, -0.25) is 9.69 Å². The first-order valence-corrected chi connectivity index (χ1v) is 12.4. The molecule has 1 aliphatic rings. The van der Waals surface area contributed by atoms with Crippen LogP contribution < -0.4 is 20.1 Å². The monoisotopic (exact) mass is 491 g/mol. The lowest BCUT2D eigenvalue weighted by Gasteiger charge is -2.30. The molecule has 1 aliphatic heterocycles. The van der Waals surface area contributed by atoms with Crippen LogP contribution in [0.25, 0.3) is 0 Å². The Morgan fingerprint density at radius 2 is 1.69 bits per heavy atom. The highest BCUT2D eigenvalue weighted by atomic mass is 32.2. The quantitative estimate of drug-likeness (QED) is 0.488. The molecule has 3 aromatic carbocycles. The van der Waals surface area contributed by atoms with Crippen LogP contribution in [-0.4, -0.2) is 42.9 Å². The van der Waals surface area contributed by atoms with E-state index in [1.807, 2.05) is 67.6 Å². The van der Waals surface area contributed by atoms with Crippen LogP contribution in [0.2, 0.25) is 0 Å². The topological polar surface area (TPSA) is 79.9 Å². The summed E-state index contributed by atoms with van der Waals surface area (Å²) in [6.07, 6.45) is 0. The minimum Gasteiger partial charge on any atom is -0.497 e. The molecule has 2 N–H and O–H groups in total. The standard InChI is InChI=1S/C27H29N3O4S/c1-18-8-4-5-9-21(18)26-30(27(32)29-22-10-6-7-11-24(22)34-3)23(17-35-26)25(31)28-16-19-12-14-20(33-2)15-13-19/h4-15,23,26H,16-17H2,1-3H3,(H,28,31)(H,29,32)/t23-,26-/m1/s1. The zero-order valence-corrected chi connectivity index (χ0v) is 20.8. The normalized spacial score (nSPS) is 17.1. The number of hydrogen-bond donors (Lipinski definition) is 2. The molecule has 1 heterocycles. The number of ether oxygens (including phenoxy) is 2. The first-order valence-electron chi connectivity index (χ1n) is 11.3. The summed E-state index contributed by atoms with van der Waals surface area (Å²) in [7, 11) is 3.17. The molecule has 7 nitrogen and oxygen atoms in total. The summed E-state index contributed by atoms with van der Waals surface area (Å²) in [5.74, 6) is 1.61. The van der Waals surface area contributed by atoms with Crippen molar-refractivity contribution in [1.29, 1.82) is 0 Å². The van der Waals surface area contributed by atoms with Gasteiger partial charge in [0.05, 0.1) is 19.9 Å². The van der Waals surface area contributed by atoms with E-state index in [2.05, 4.69) is 10.6 Å². The van der Waals surface area contributed by atoms with Gasteiger partial charge in [0.25, 0.3) is 0 Å². The minimum atomic E-state index is -0.627. The SMILES string of the molecule is COc1ccc(CNC(=O)[C@H]2CS[C@H](c3ccccc3C)N2C(=O)Nc2ccccc2OC)cc1. The van der Waals surface area contributed by atoms with Crippen LogP contribution in [0.15, 0.2) is 72.8 Å². The third kappa shape index (κ3) is 5.54. The Bertz CT molecular complexity index is 1190. The van der Waals surface area contributed by atoms with Crippen molar-refractivity contribution in [3.63, 3.8) is 0 Å². The van der Waals surface area contributed by atoms with Crippen molar-refractivity contribution in [3.8, 4) is 11.5 Å². The summed E-state index contributed by atoms with van der Waals surface area (Å²) in [4.78, 5) is 28.5. The number of rotatable bonds is 7. The lowest BCUT2D eigenvalue weighted by Crippen LogP contribution is -2.49. The second-order valence-corrected chi connectivity index (χ2v) is 9.27. The number of hydrogen-bond acceptors (Lipinski definition) is 5. The summed E-state index contributed by atoms with van der Waals surface area (Å²) in [6.45, 7) is 2.38. The minimum absolute atomic E-state index is 0.195. The van der Waals surface area contributed by atoms with Gasteiger partial charge in [-0.25, -0.2) is 4.79 Å². The van der Waals surface area contributed by atoms with Gasteiger partial charge < -0.3 is 20.1 Å². The molecule has 3 amide bonds. The molecular formula is C27H29N3O4S. The molecule has 4 rings (SSSR count). The highest BCUT2D eigenvalue weighted by molar-refractivity contribution is 7.99. The molecule has 8 heteroatoms. The zero-order chi connectivity index (χ0) is 24.8. The van der Waals surface area contributed by atoms with Gasteiger partial charge in [0.1, 0.15) is 22.9 Å². The number of thioether (sulfide) groups is 1. The maximum Gasteiger partial charge on any atom is 0.323 e. The van der Waals surface area contributed by atoms with Crippen LogP contribution in [-0.2, 0) is 11.3 Å². The number of para-hydroxylation sites is 2. The van der Waals surface area contributed by atoms with Gasteiger partial charge in [-0.1, -0.05) is 48.5 Å². The fraction of sp³-hybridized carbons (Fsp3) is 0.259. The fourth-order valence-electron chi connectivity index (χ4n) is 4.04. The van der Waals surface area contributed by atoms with Gasteiger partial charge in [-0.05, 0) is 47.9 Å². The number of carbonyl (C=O) groups excluding carboxylic acids is 2. The molecular weight excluding hydrogens is 462 g/mol. The number of anilines is 1. The first kappa shape index (κ1) is 24.5. The van der Waals surface area contributed by atoms with Gasteiger partial charge in [-0.15, -0.1) is 11.8 Å². The lowest BCUT2D eigenvalue weighted by molar-refractivity contribution is -0.124. The zero-order valence-electron chi connectivity index (χ0n) is 20.0. The molecule has 3 aromatic rings. The summed E-state index contributed by atoms with van der Waals surface area (Å²) in [5, 5.41) is 5.66. The summed E-state index contributed by atoms with van der Waals surface area (Å²) in [5.41, 5.74) is 3.58. The van der Waals surface area contributed by atoms with Crippen molar-refractivity contribution in [2.75, 3.05) is 25.3 Å². The third-order valence-electron chi connectivity index (χ3n) is 5.97. The van der Waals surface area contributed by atoms with E-state index in [1.165, 1.54) is 0 Å². The van der Waals surface area contributed by atoms with E-state index in [-0.39, 0.29) is 17.3 Å². The van der Waals surface area contributed by atoms with E-state index in [0.29, 0.717) is 23.7 Å². The van der Waals surface area contributed by atoms with Crippen molar-refractivity contribution in [2.24, 2.45) is 0 Å². The van der Waals surface area contributed by atoms with Crippen LogP contribution in [0.4, 0.5) is 10.5 Å². The predicted octanol–water partition coefficient (Wildman–Crippen LogP) is 4.98. The van der Waals surface area contributed by atoms with E-state index in [9.17, 15) is 9.59 Å². The molecule has 1 saturated heterocycles. The Hall–Kier alpha value is -3.65. The molecule has 35 heavy (non-hydrogen) atoms. The van der Waals surface area contributed by atoms with Gasteiger partial charge in [0, 0.05) is 12.3 Å². The largest absolute Gasteiger partial charge is 0.497 e. The molecule has 1 fully saturated rings. The van der Waals surface area contributed by atoms with E-state index < -0.39 is 6.04 Å². The molecule has 0 spiro atoms. The average Bonchev–Trinajstić information content (AvgIpc) is 3.33. The summed E-state index contributed by atoms with van der Waals surface area (Å²) in [6, 6.07) is 21.7. The highest BCUT2D eigenvalue weighted by Gasteiger charge is 2.43. The van der Waals surface area contributed by atoms with E-state index in [0.717, 1.165) is 22.4 Å². The molecule has 2 atom stereocenters. The maximum absolute atomic E-state index is 13.6. The van der Waals surface area contributed by atoms with Crippen molar-refractivity contribution in [3.05, 3.63) is 89.5 Å². The smallest absolute Gasteiger partial charge is 0.323 e. The summed E-state index contributed by atoms with van der Waals surface area (Å²) >= 11 is 1.59. The number of carbonyl (C=O) groups is 2.